The molecule has 0 aromatic heterocycles. The Kier molecular flexibility index (Phi) is 4.20. The zero-order valence-electron chi connectivity index (χ0n) is 8.71. The molecule has 0 fully saturated rings. The van der Waals surface area contributed by atoms with Crippen molar-refractivity contribution in [3.05, 3.63) is 35.9 Å². The van der Waals surface area contributed by atoms with E-state index >= 15 is 0 Å². The monoisotopic (exact) mass is 221 g/mol. The number of aliphatic imine (C=N–C) groups is 1. The third-order valence-corrected chi connectivity index (χ3v) is 1.77. The van der Waals surface area contributed by atoms with E-state index in [1.807, 2.05) is 18.2 Å². The van der Waals surface area contributed by atoms with Crippen molar-refractivity contribution in [1.29, 1.82) is 0 Å². The standard InChI is InChI=1S/C11H11NO4/c1-8(10(13)14)12-11(15)16-7-9-5-3-2-4-6-9/h2-6H,7H2,1H3,(H,13,14). The lowest BCUT2D eigenvalue weighted by molar-refractivity contribution is -0.129. The van der Waals surface area contributed by atoms with Gasteiger partial charge in [0.25, 0.3) is 0 Å². The molecule has 1 aromatic carbocycles. The van der Waals surface area contributed by atoms with Gasteiger partial charge in [0.05, 0.1) is 0 Å². The largest absolute Gasteiger partial charge is 0.477 e. The number of amides is 1. The lowest BCUT2D eigenvalue weighted by Gasteiger charge is -2.01. The summed E-state index contributed by atoms with van der Waals surface area (Å²) in [6.07, 6.45) is -0.899. The van der Waals surface area contributed by atoms with E-state index in [1.54, 1.807) is 12.1 Å². The van der Waals surface area contributed by atoms with Crippen LogP contribution in [-0.4, -0.2) is 22.9 Å². The summed E-state index contributed by atoms with van der Waals surface area (Å²) in [7, 11) is 0. The second-order valence-electron chi connectivity index (χ2n) is 3.04. The van der Waals surface area contributed by atoms with Gasteiger partial charge in [-0.25, -0.2) is 9.59 Å². The highest BCUT2D eigenvalue weighted by molar-refractivity contribution is 6.36. The first-order valence-corrected chi connectivity index (χ1v) is 4.59. The highest BCUT2D eigenvalue weighted by Gasteiger charge is 2.06. The van der Waals surface area contributed by atoms with E-state index in [9.17, 15) is 9.59 Å². The van der Waals surface area contributed by atoms with Crippen molar-refractivity contribution >= 4 is 17.8 Å². The van der Waals surface area contributed by atoms with Crippen LogP contribution in [0, 0.1) is 0 Å². The van der Waals surface area contributed by atoms with Gasteiger partial charge in [-0.2, -0.15) is 4.99 Å². The Morgan fingerprint density at radius 1 is 1.31 bits per heavy atom. The van der Waals surface area contributed by atoms with Crippen LogP contribution >= 0.6 is 0 Å². The number of hydrogen-bond donors (Lipinski definition) is 1. The van der Waals surface area contributed by atoms with Gasteiger partial charge in [-0.3, -0.25) is 0 Å². The lowest BCUT2D eigenvalue weighted by atomic mass is 10.2. The van der Waals surface area contributed by atoms with E-state index in [4.69, 9.17) is 9.84 Å². The van der Waals surface area contributed by atoms with Crippen molar-refractivity contribution in [1.82, 2.24) is 0 Å². The number of carboxylic acids is 1. The molecular formula is C11H11NO4. The summed E-state index contributed by atoms with van der Waals surface area (Å²) in [6.45, 7) is 1.31. The van der Waals surface area contributed by atoms with E-state index < -0.39 is 12.1 Å². The summed E-state index contributed by atoms with van der Waals surface area (Å²) < 4.78 is 4.76. The van der Waals surface area contributed by atoms with Crippen molar-refractivity contribution in [2.24, 2.45) is 4.99 Å². The number of benzene rings is 1. The molecule has 1 aromatic rings. The zero-order valence-corrected chi connectivity index (χ0v) is 8.71. The normalized spacial score (nSPS) is 10.9. The van der Waals surface area contributed by atoms with Gasteiger partial charge < -0.3 is 9.84 Å². The van der Waals surface area contributed by atoms with Gasteiger partial charge in [0.2, 0.25) is 0 Å². The molecule has 0 aliphatic rings. The minimum absolute atomic E-state index is 0.0794. The molecule has 84 valence electrons. The van der Waals surface area contributed by atoms with Crippen LogP contribution in [0.25, 0.3) is 0 Å². The molecule has 0 saturated heterocycles. The van der Waals surface area contributed by atoms with Gasteiger partial charge in [-0.15, -0.1) is 0 Å². The predicted octanol–water partition coefficient (Wildman–Crippen LogP) is 1.87. The lowest BCUT2D eigenvalue weighted by Crippen LogP contribution is -2.11. The first-order valence-electron chi connectivity index (χ1n) is 4.59. The van der Waals surface area contributed by atoms with Crippen molar-refractivity contribution in [2.75, 3.05) is 0 Å². The molecule has 0 saturated carbocycles. The van der Waals surface area contributed by atoms with E-state index in [0.717, 1.165) is 5.56 Å². The van der Waals surface area contributed by atoms with Crippen LogP contribution in [0.1, 0.15) is 12.5 Å². The number of aliphatic carboxylic acids is 1. The van der Waals surface area contributed by atoms with E-state index in [1.165, 1.54) is 6.92 Å². The first kappa shape index (κ1) is 11.9. The summed E-state index contributed by atoms with van der Waals surface area (Å²) in [5.74, 6) is -1.24. The highest BCUT2D eigenvalue weighted by Crippen LogP contribution is 2.01. The minimum atomic E-state index is -1.24. The first-order chi connectivity index (χ1) is 7.59. The molecule has 0 heterocycles. The van der Waals surface area contributed by atoms with Crippen molar-refractivity contribution < 1.29 is 19.4 Å². The third kappa shape index (κ3) is 3.91. The maximum Gasteiger partial charge on any atom is 0.434 e. The van der Waals surface area contributed by atoms with Crippen LogP contribution in [0.5, 0.6) is 0 Å². The van der Waals surface area contributed by atoms with Crippen LogP contribution in [0.2, 0.25) is 0 Å². The Bertz CT molecular complexity index is 411. The summed E-state index contributed by atoms with van der Waals surface area (Å²) in [5.41, 5.74) is 0.525. The van der Waals surface area contributed by atoms with Gasteiger partial charge in [0, 0.05) is 0 Å². The van der Waals surface area contributed by atoms with Crippen LogP contribution in [0.4, 0.5) is 4.79 Å². The molecular weight excluding hydrogens is 210 g/mol. The second kappa shape index (κ2) is 5.65. The van der Waals surface area contributed by atoms with Crippen molar-refractivity contribution in [3.8, 4) is 0 Å². The van der Waals surface area contributed by atoms with E-state index in [0.29, 0.717) is 0 Å². The molecule has 0 aliphatic heterocycles. The Hall–Kier alpha value is -2.17. The summed E-state index contributed by atoms with van der Waals surface area (Å²) in [6, 6.07) is 9.06. The fourth-order valence-electron chi connectivity index (χ4n) is 0.936. The molecule has 16 heavy (non-hydrogen) atoms. The smallest absolute Gasteiger partial charge is 0.434 e. The van der Waals surface area contributed by atoms with E-state index in [2.05, 4.69) is 4.99 Å². The van der Waals surface area contributed by atoms with Crippen LogP contribution in [0.3, 0.4) is 0 Å². The maximum atomic E-state index is 11.1. The van der Waals surface area contributed by atoms with Crippen LogP contribution in [0.15, 0.2) is 35.3 Å². The van der Waals surface area contributed by atoms with Gasteiger partial charge in [-0.05, 0) is 12.5 Å². The molecule has 1 N–H and O–H groups in total. The molecule has 0 radical (unpaired) electrons. The SMILES string of the molecule is CC(=NC(=O)OCc1ccccc1)C(=O)O. The molecule has 0 spiro atoms. The molecule has 5 heteroatoms. The molecule has 0 unspecified atom stereocenters. The molecule has 5 nitrogen and oxygen atoms in total. The number of carbonyl (C=O) groups excluding carboxylic acids is 1. The summed E-state index contributed by atoms with van der Waals surface area (Å²) in [4.78, 5) is 24.7. The molecule has 0 atom stereocenters. The number of carboxylic acid groups (broad SMARTS) is 1. The molecule has 1 rings (SSSR count). The Morgan fingerprint density at radius 3 is 2.50 bits per heavy atom. The maximum absolute atomic E-state index is 11.1. The molecule has 0 aliphatic carbocycles. The quantitative estimate of drug-likeness (QED) is 0.790. The summed E-state index contributed by atoms with van der Waals surface area (Å²) >= 11 is 0. The number of ether oxygens (including phenoxy) is 1. The zero-order chi connectivity index (χ0) is 12.0. The van der Waals surface area contributed by atoms with Gasteiger partial charge >= 0.3 is 12.1 Å². The van der Waals surface area contributed by atoms with Gasteiger partial charge in [0.1, 0.15) is 12.3 Å². The van der Waals surface area contributed by atoms with Crippen LogP contribution in [-0.2, 0) is 16.1 Å². The predicted molar refractivity (Wildman–Crippen MR) is 57.4 cm³/mol. The van der Waals surface area contributed by atoms with Crippen molar-refractivity contribution in [3.63, 3.8) is 0 Å². The average Bonchev–Trinajstić information content (AvgIpc) is 2.27. The Labute approximate surface area is 92.4 Å². The number of rotatable bonds is 3. The van der Waals surface area contributed by atoms with Gasteiger partial charge in [0.15, 0.2) is 0 Å². The third-order valence-electron chi connectivity index (χ3n) is 1.77. The van der Waals surface area contributed by atoms with Crippen molar-refractivity contribution in [2.45, 2.75) is 13.5 Å². The summed E-state index contributed by atoms with van der Waals surface area (Å²) in [5, 5.41) is 8.48. The van der Waals surface area contributed by atoms with Gasteiger partial charge in [-0.1, -0.05) is 30.3 Å². The minimum Gasteiger partial charge on any atom is -0.477 e. The Morgan fingerprint density at radius 2 is 1.94 bits per heavy atom. The topological polar surface area (TPSA) is 76.0 Å². The fourth-order valence-corrected chi connectivity index (χ4v) is 0.936. The number of nitrogens with zero attached hydrogens (tertiary/aromatic N) is 1. The highest BCUT2D eigenvalue weighted by atomic mass is 16.5. The fraction of sp³-hybridized carbons (Fsp3) is 0.182. The number of hydrogen-bond acceptors (Lipinski definition) is 3. The average molecular weight is 221 g/mol. The molecule has 1 amide bonds. The molecule has 0 bridgehead atoms. The van der Waals surface area contributed by atoms with E-state index in [-0.39, 0.29) is 12.3 Å². The van der Waals surface area contributed by atoms with Crippen LogP contribution < -0.4 is 0 Å². The number of carbonyl (C=O) groups is 2. The second-order valence-corrected chi connectivity index (χ2v) is 3.04. The Balaban J connectivity index is 2.48.